The Morgan fingerprint density at radius 2 is 1.70 bits per heavy atom. The van der Waals surface area contributed by atoms with Crippen LogP contribution in [0.1, 0.15) is 15.9 Å². The van der Waals surface area contributed by atoms with Gasteiger partial charge in [0.25, 0.3) is 0 Å². The predicted octanol–water partition coefficient (Wildman–Crippen LogP) is 3.85. The van der Waals surface area contributed by atoms with Gasteiger partial charge in [0.05, 0.1) is 0 Å². The summed E-state index contributed by atoms with van der Waals surface area (Å²) in [7, 11) is 0. The van der Waals surface area contributed by atoms with E-state index < -0.39 is 12.4 Å². The molecule has 2 aromatic rings. The number of carbonyl (C=O) groups is 1. The lowest BCUT2D eigenvalue weighted by Crippen LogP contribution is -2.06. The number of Topliss-reactive ketones (excluding diaryl/α,β-unsaturated/α-hetero) is 1. The Morgan fingerprint density at radius 3 is 2.30 bits per heavy atom. The van der Waals surface area contributed by atoms with Crippen LogP contribution in [-0.2, 0) is 6.42 Å². The van der Waals surface area contributed by atoms with E-state index in [4.69, 9.17) is 0 Å². The standard InChI is InChI=1S/C15H11F3O2/c16-13-4-2-1-3-11(13)9-14(19)10-5-7-12(8-6-10)20-15(17)18/h1-8,15H,9H2. The summed E-state index contributed by atoms with van der Waals surface area (Å²) in [5.74, 6) is -0.764. The molecule has 0 aliphatic carbocycles. The molecule has 5 heteroatoms. The largest absolute Gasteiger partial charge is 0.435 e. The van der Waals surface area contributed by atoms with Crippen molar-refractivity contribution in [1.82, 2.24) is 0 Å². The Kier molecular flexibility index (Phi) is 4.40. The van der Waals surface area contributed by atoms with Crippen LogP contribution in [0.25, 0.3) is 0 Å². The van der Waals surface area contributed by atoms with Crippen molar-refractivity contribution in [2.45, 2.75) is 13.0 Å². The Morgan fingerprint density at radius 1 is 1.05 bits per heavy atom. The van der Waals surface area contributed by atoms with E-state index in [0.717, 1.165) is 0 Å². The molecule has 0 amide bonds. The van der Waals surface area contributed by atoms with Crippen molar-refractivity contribution in [2.75, 3.05) is 0 Å². The topological polar surface area (TPSA) is 26.3 Å². The number of benzene rings is 2. The van der Waals surface area contributed by atoms with Gasteiger partial charge in [-0.25, -0.2) is 4.39 Å². The molecule has 2 nitrogen and oxygen atoms in total. The number of rotatable bonds is 5. The highest BCUT2D eigenvalue weighted by atomic mass is 19.3. The minimum Gasteiger partial charge on any atom is -0.435 e. The number of halogens is 3. The summed E-state index contributed by atoms with van der Waals surface area (Å²) in [6, 6.07) is 11.3. The van der Waals surface area contributed by atoms with Crippen LogP contribution in [0.4, 0.5) is 13.2 Å². The molecule has 104 valence electrons. The van der Waals surface area contributed by atoms with Gasteiger partial charge in [-0.3, -0.25) is 4.79 Å². The molecular weight excluding hydrogens is 269 g/mol. The SMILES string of the molecule is O=C(Cc1ccccc1F)c1ccc(OC(F)F)cc1. The monoisotopic (exact) mass is 280 g/mol. The molecule has 0 bridgehead atoms. The minimum atomic E-state index is -2.91. The third-order valence-electron chi connectivity index (χ3n) is 2.71. The van der Waals surface area contributed by atoms with Crippen molar-refractivity contribution >= 4 is 5.78 Å². The molecule has 0 atom stereocenters. The number of ether oxygens (including phenoxy) is 1. The molecule has 0 aliphatic rings. The number of carbonyl (C=O) groups excluding carboxylic acids is 1. The van der Waals surface area contributed by atoms with Crippen molar-refractivity contribution in [3.63, 3.8) is 0 Å². The van der Waals surface area contributed by atoms with Gasteiger partial charge in [0, 0.05) is 12.0 Å². The van der Waals surface area contributed by atoms with Gasteiger partial charge < -0.3 is 4.74 Å². The Bertz CT molecular complexity index is 594. The van der Waals surface area contributed by atoms with Crippen molar-refractivity contribution < 1.29 is 22.7 Å². The fourth-order valence-electron chi connectivity index (χ4n) is 1.74. The normalized spacial score (nSPS) is 10.6. The first kappa shape index (κ1) is 14.1. The first-order valence-corrected chi connectivity index (χ1v) is 5.88. The Balaban J connectivity index is 2.08. The van der Waals surface area contributed by atoms with Gasteiger partial charge in [-0.15, -0.1) is 0 Å². The highest BCUT2D eigenvalue weighted by Gasteiger charge is 2.11. The molecule has 20 heavy (non-hydrogen) atoms. The fraction of sp³-hybridized carbons (Fsp3) is 0.133. The summed E-state index contributed by atoms with van der Waals surface area (Å²) in [5, 5.41) is 0. The van der Waals surface area contributed by atoms with Gasteiger partial charge in [0.2, 0.25) is 0 Å². The summed E-state index contributed by atoms with van der Waals surface area (Å²) in [5.41, 5.74) is 0.611. The van der Waals surface area contributed by atoms with Gasteiger partial charge in [-0.2, -0.15) is 8.78 Å². The van der Waals surface area contributed by atoms with Crippen LogP contribution in [-0.4, -0.2) is 12.4 Å². The van der Waals surface area contributed by atoms with Crippen molar-refractivity contribution in [1.29, 1.82) is 0 Å². The molecule has 0 unspecified atom stereocenters. The second-order valence-electron chi connectivity index (χ2n) is 4.09. The summed E-state index contributed by atoms with van der Waals surface area (Å²) >= 11 is 0. The van der Waals surface area contributed by atoms with Gasteiger partial charge in [0.1, 0.15) is 11.6 Å². The zero-order chi connectivity index (χ0) is 14.5. The maximum Gasteiger partial charge on any atom is 0.387 e. The first-order chi connectivity index (χ1) is 9.56. The summed E-state index contributed by atoms with van der Waals surface area (Å²) in [6.45, 7) is -2.91. The molecular formula is C15H11F3O2. The van der Waals surface area contributed by atoms with Gasteiger partial charge in [0.15, 0.2) is 5.78 Å². The molecule has 2 aromatic carbocycles. The van der Waals surface area contributed by atoms with Crippen LogP contribution >= 0.6 is 0 Å². The van der Waals surface area contributed by atoms with E-state index in [1.807, 2.05) is 0 Å². The minimum absolute atomic E-state index is 0.0255. The van der Waals surface area contributed by atoms with Crippen LogP contribution < -0.4 is 4.74 Å². The Labute approximate surface area is 113 Å². The zero-order valence-corrected chi connectivity index (χ0v) is 10.4. The van der Waals surface area contributed by atoms with Crippen molar-refractivity contribution in [3.05, 3.63) is 65.5 Å². The average Bonchev–Trinajstić information content (AvgIpc) is 2.41. The predicted molar refractivity (Wildman–Crippen MR) is 67.5 cm³/mol. The van der Waals surface area contributed by atoms with Crippen molar-refractivity contribution in [2.24, 2.45) is 0 Å². The molecule has 0 heterocycles. The zero-order valence-electron chi connectivity index (χ0n) is 10.4. The van der Waals surface area contributed by atoms with Gasteiger partial charge in [-0.05, 0) is 35.9 Å². The lowest BCUT2D eigenvalue weighted by Gasteiger charge is -2.06. The molecule has 0 N–H and O–H groups in total. The number of hydrogen-bond donors (Lipinski definition) is 0. The quantitative estimate of drug-likeness (QED) is 0.777. The third-order valence-corrected chi connectivity index (χ3v) is 2.71. The van der Waals surface area contributed by atoms with E-state index in [0.29, 0.717) is 11.1 Å². The fourth-order valence-corrected chi connectivity index (χ4v) is 1.74. The second kappa shape index (κ2) is 6.23. The summed E-state index contributed by atoms with van der Waals surface area (Å²) in [4.78, 5) is 11.9. The molecule has 0 aliphatic heterocycles. The van der Waals surface area contributed by atoms with E-state index >= 15 is 0 Å². The molecule has 0 aromatic heterocycles. The molecule has 0 radical (unpaired) electrons. The lowest BCUT2D eigenvalue weighted by molar-refractivity contribution is -0.0498. The maximum absolute atomic E-state index is 13.4. The molecule has 0 fully saturated rings. The van der Waals surface area contributed by atoms with Crippen LogP contribution in [0.2, 0.25) is 0 Å². The highest BCUT2D eigenvalue weighted by Crippen LogP contribution is 2.17. The van der Waals surface area contributed by atoms with E-state index in [-0.39, 0.29) is 18.0 Å². The lowest BCUT2D eigenvalue weighted by atomic mass is 10.0. The number of ketones is 1. The number of hydrogen-bond acceptors (Lipinski definition) is 2. The summed E-state index contributed by atoms with van der Waals surface area (Å²) in [6.07, 6.45) is -0.0816. The van der Waals surface area contributed by atoms with Crippen LogP contribution in [0.3, 0.4) is 0 Å². The van der Waals surface area contributed by atoms with E-state index in [1.54, 1.807) is 12.1 Å². The van der Waals surface area contributed by atoms with Crippen LogP contribution in [0, 0.1) is 5.82 Å². The van der Waals surface area contributed by atoms with E-state index in [2.05, 4.69) is 4.74 Å². The number of alkyl halides is 2. The highest BCUT2D eigenvalue weighted by molar-refractivity contribution is 5.97. The second-order valence-corrected chi connectivity index (χ2v) is 4.09. The smallest absolute Gasteiger partial charge is 0.387 e. The summed E-state index contributed by atoms with van der Waals surface area (Å²) < 4.78 is 41.6. The van der Waals surface area contributed by atoms with Gasteiger partial charge >= 0.3 is 6.61 Å². The van der Waals surface area contributed by atoms with Crippen molar-refractivity contribution in [3.8, 4) is 5.75 Å². The molecule has 0 saturated heterocycles. The molecule has 0 saturated carbocycles. The average molecular weight is 280 g/mol. The van der Waals surface area contributed by atoms with E-state index in [1.165, 1.54) is 36.4 Å². The maximum atomic E-state index is 13.4. The van der Waals surface area contributed by atoms with E-state index in [9.17, 15) is 18.0 Å². The molecule has 2 rings (SSSR count). The van der Waals surface area contributed by atoms with Crippen LogP contribution in [0.15, 0.2) is 48.5 Å². The van der Waals surface area contributed by atoms with Gasteiger partial charge in [-0.1, -0.05) is 18.2 Å². The Hall–Kier alpha value is -2.30. The first-order valence-electron chi connectivity index (χ1n) is 5.88. The van der Waals surface area contributed by atoms with Crippen LogP contribution in [0.5, 0.6) is 5.75 Å². The third kappa shape index (κ3) is 3.60. The molecule has 0 spiro atoms.